The van der Waals surface area contributed by atoms with Crippen LogP contribution in [0.2, 0.25) is 0 Å². The summed E-state index contributed by atoms with van der Waals surface area (Å²) in [5.41, 5.74) is 6.85. The molecule has 0 radical (unpaired) electrons. The number of carbonyl (C=O) groups excluding carboxylic acids is 2. The highest BCUT2D eigenvalue weighted by Gasteiger charge is 2.06. The largest absolute Gasteiger partial charge is 0.330 e. The van der Waals surface area contributed by atoms with Crippen molar-refractivity contribution in [2.75, 3.05) is 11.9 Å². The molecule has 1 unspecified atom stereocenters. The van der Waals surface area contributed by atoms with Gasteiger partial charge in [0.25, 0.3) is 0 Å². The third kappa shape index (κ3) is 4.67. The number of benzene rings is 1. The Morgan fingerprint density at radius 1 is 1.28 bits per heavy atom. The zero-order valence-corrected chi connectivity index (χ0v) is 10.9. The fourth-order valence-corrected chi connectivity index (χ4v) is 1.51. The molecule has 1 rings (SSSR count). The van der Waals surface area contributed by atoms with Gasteiger partial charge in [-0.15, -0.1) is 0 Å². The second kappa shape index (κ2) is 6.91. The van der Waals surface area contributed by atoms with E-state index in [2.05, 4.69) is 5.32 Å². The van der Waals surface area contributed by atoms with Gasteiger partial charge >= 0.3 is 0 Å². The average Bonchev–Trinajstić information content (AvgIpc) is 2.36. The zero-order valence-electron chi connectivity index (χ0n) is 10.9. The standard InChI is InChI=1S/C14H20N2O2/c1-10(9-15)3-8-14(18)16-13-6-4-12(5-7-13)11(2)17/h4-7,10H,3,8-9,15H2,1-2H3,(H,16,18). The molecule has 0 aliphatic carbocycles. The van der Waals surface area contributed by atoms with E-state index in [0.717, 1.165) is 6.42 Å². The topological polar surface area (TPSA) is 72.2 Å². The number of hydrogen-bond acceptors (Lipinski definition) is 3. The first-order chi connectivity index (χ1) is 8.52. The number of anilines is 1. The van der Waals surface area contributed by atoms with Gasteiger partial charge in [0, 0.05) is 17.7 Å². The van der Waals surface area contributed by atoms with E-state index in [4.69, 9.17) is 5.73 Å². The van der Waals surface area contributed by atoms with Crippen LogP contribution in [0.5, 0.6) is 0 Å². The van der Waals surface area contributed by atoms with Crippen LogP contribution in [0.1, 0.15) is 37.0 Å². The fourth-order valence-electron chi connectivity index (χ4n) is 1.51. The SMILES string of the molecule is CC(=O)c1ccc(NC(=O)CCC(C)CN)cc1. The van der Waals surface area contributed by atoms with Gasteiger partial charge in [-0.25, -0.2) is 0 Å². The summed E-state index contributed by atoms with van der Waals surface area (Å²) in [6, 6.07) is 6.89. The molecule has 98 valence electrons. The van der Waals surface area contributed by atoms with Crippen LogP contribution >= 0.6 is 0 Å². The van der Waals surface area contributed by atoms with Crippen molar-refractivity contribution in [2.45, 2.75) is 26.7 Å². The molecule has 18 heavy (non-hydrogen) atoms. The van der Waals surface area contributed by atoms with Gasteiger partial charge in [-0.2, -0.15) is 0 Å². The maximum absolute atomic E-state index is 11.6. The molecule has 1 aromatic carbocycles. The minimum Gasteiger partial charge on any atom is -0.330 e. The van der Waals surface area contributed by atoms with Crippen LogP contribution in [-0.4, -0.2) is 18.2 Å². The molecule has 1 amide bonds. The van der Waals surface area contributed by atoms with Gasteiger partial charge in [0.05, 0.1) is 0 Å². The lowest BCUT2D eigenvalue weighted by Gasteiger charge is -2.09. The summed E-state index contributed by atoms with van der Waals surface area (Å²) in [5, 5.41) is 2.80. The first-order valence-corrected chi connectivity index (χ1v) is 6.14. The van der Waals surface area contributed by atoms with Crippen molar-refractivity contribution >= 4 is 17.4 Å². The van der Waals surface area contributed by atoms with E-state index in [1.54, 1.807) is 24.3 Å². The molecule has 0 saturated heterocycles. The molecular weight excluding hydrogens is 228 g/mol. The molecule has 0 saturated carbocycles. The van der Waals surface area contributed by atoms with E-state index in [9.17, 15) is 9.59 Å². The Kier molecular flexibility index (Phi) is 5.52. The Bertz CT molecular complexity index is 412. The van der Waals surface area contributed by atoms with Gasteiger partial charge in [-0.3, -0.25) is 9.59 Å². The highest BCUT2D eigenvalue weighted by Crippen LogP contribution is 2.11. The summed E-state index contributed by atoms with van der Waals surface area (Å²) in [5.74, 6) is 0.353. The summed E-state index contributed by atoms with van der Waals surface area (Å²) < 4.78 is 0. The van der Waals surface area contributed by atoms with Crippen molar-refractivity contribution < 1.29 is 9.59 Å². The van der Waals surface area contributed by atoms with E-state index in [1.165, 1.54) is 6.92 Å². The Balaban J connectivity index is 2.47. The van der Waals surface area contributed by atoms with E-state index < -0.39 is 0 Å². The summed E-state index contributed by atoms with van der Waals surface area (Å²) in [4.78, 5) is 22.7. The molecule has 0 aliphatic rings. The Labute approximate surface area is 108 Å². The lowest BCUT2D eigenvalue weighted by atomic mass is 10.1. The molecule has 0 aromatic heterocycles. The predicted octanol–water partition coefficient (Wildman–Crippen LogP) is 2.20. The lowest BCUT2D eigenvalue weighted by molar-refractivity contribution is -0.116. The minimum atomic E-state index is -0.0223. The van der Waals surface area contributed by atoms with Crippen molar-refractivity contribution in [2.24, 2.45) is 11.7 Å². The van der Waals surface area contributed by atoms with Crippen molar-refractivity contribution in [1.82, 2.24) is 0 Å². The number of nitrogens with one attached hydrogen (secondary N) is 1. The number of rotatable bonds is 6. The van der Waals surface area contributed by atoms with Crippen molar-refractivity contribution in [3.63, 3.8) is 0 Å². The van der Waals surface area contributed by atoms with Crippen LogP contribution in [0.3, 0.4) is 0 Å². The van der Waals surface area contributed by atoms with Gasteiger partial charge in [0.15, 0.2) is 5.78 Å². The monoisotopic (exact) mass is 248 g/mol. The number of ketones is 1. The maximum Gasteiger partial charge on any atom is 0.224 e. The number of amides is 1. The first kappa shape index (κ1) is 14.4. The first-order valence-electron chi connectivity index (χ1n) is 6.14. The van der Waals surface area contributed by atoms with Crippen LogP contribution in [-0.2, 0) is 4.79 Å². The van der Waals surface area contributed by atoms with Gasteiger partial charge in [-0.05, 0) is 50.1 Å². The van der Waals surface area contributed by atoms with E-state index in [0.29, 0.717) is 30.1 Å². The molecule has 0 spiro atoms. The van der Waals surface area contributed by atoms with Crippen LogP contribution in [0, 0.1) is 5.92 Å². The fraction of sp³-hybridized carbons (Fsp3) is 0.429. The quantitative estimate of drug-likeness (QED) is 0.758. The number of hydrogen-bond donors (Lipinski definition) is 2. The van der Waals surface area contributed by atoms with Crippen LogP contribution in [0.15, 0.2) is 24.3 Å². The highest BCUT2D eigenvalue weighted by atomic mass is 16.1. The highest BCUT2D eigenvalue weighted by molar-refractivity contribution is 5.95. The van der Waals surface area contributed by atoms with E-state index in [1.807, 2.05) is 6.92 Å². The molecule has 4 heteroatoms. The van der Waals surface area contributed by atoms with Gasteiger partial charge in [0.1, 0.15) is 0 Å². The molecule has 0 fully saturated rings. The summed E-state index contributed by atoms with van der Waals surface area (Å²) in [7, 11) is 0. The Hall–Kier alpha value is -1.68. The predicted molar refractivity (Wildman–Crippen MR) is 72.5 cm³/mol. The average molecular weight is 248 g/mol. The number of carbonyl (C=O) groups is 2. The maximum atomic E-state index is 11.6. The third-order valence-corrected chi connectivity index (χ3v) is 2.84. The Morgan fingerprint density at radius 2 is 1.89 bits per heavy atom. The molecule has 0 aliphatic heterocycles. The Morgan fingerprint density at radius 3 is 2.39 bits per heavy atom. The molecular formula is C14H20N2O2. The molecule has 0 bridgehead atoms. The lowest BCUT2D eigenvalue weighted by Crippen LogP contribution is -2.16. The molecule has 1 aromatic rings. The molecule has 4 nitrogen and oxygen atoms in total. The number of nitrogens with two attached hydrogens (primary N) is 1. The van der Waals surface area contributed by atoms with Gasteiger partial charge in [-0.1, -0.05) is 6.92 Å². The minimum absolute atomic E-state index is 0.0182. The van der Waals surface area contributed by atoms with E-state index in [-0.39, 0.29) is 11.7 Å². The van der Waals surface area contributed by atoms with Crippen molar-refractivity contribution in [3.05, 3.63) is 29.8 Å². The second-order valence-corrected chi connectivity index (χ2v) is 4.56. The summed E-state index contributed by atoms with van der Waals surface area (Å²) in [6.07, 6.45) is 1.25. The van der Waals surface area contributed by atoms with Crippen LogP contribution in [0.4, 0.5) is 5.69 Å². The molecule has 1 atom stereocenters. The molecule has 0 heterocycles. The number of Topliss-reactive ketones (excluding diaryl/α,β-unsaturated/α-hetero) is 1. The molecule has 3 N–H and O–H groups in total. The summed E-state index contributed by atoms with van der Waals surface area (Å²) in [6.45, 7) is 4.14. The zero-order chi connectivity index (χ0) is 13.5. The van der Waals surface area contributed by atoms with Crippen molar-refractivity contribution in [3.8, 4) is 0 Å². The third-order valence-electron chi connectivity index (χ3n) is 2.84. The van der Waals surface area contributed by atoms with E-state index >= 15 is 0 Å². The van der Waals surface area contributed by atoms with Crippen molar-refractivity contribution in [1.29, 1.82) is 0 Å². The smallest absolute Gasteiger partial charge is 0.224 e. The normalized spacial score (nSPS) is 11.9. The summed E-state index contributed by atoms with van der Waals surface area (Å²) >= 11 is 0. The van der Waals surface area contributed by atoms with Gasteiger partial charge in [0.2, 0.25) is 5.91 Å². The van der Waals surface area contributed by atoms with Crippen LogP contribution < -0.4 is 11.1 Å². The van der Waals surface area contributed by atoms with Crippen LogP contribution in [0.25, 0.3) is 0 Å². The van der Waals surface area contributed by atoms with Gasteiger partial charge < -0.3 is 11.1 Å². The second-order valence-electron chi connectivity index (χ2n) is 4.56.